The van der Waals surface area contributed by atoms with Crippen molar-refractivity contribution in [2.24, 2.45) is 7.05 Å². The summed E-state index contributed by atoms with van der Waals surface area (Å²) in [5.74, 6) is 0. The summed E-state index contributed by atoms with van der Waals surface area (Å²) in [4.78, 5) is 0. The molecule has 0 aliphatic carbocycles. The minimum atomic E-state index is 0.192. The third kappa shape index (κ3) is 2.94. The molecule has 1 unspecified atom stereocenters. The second kappa shape index (κ2) is 5.64. The molecule has 2 aromatic rings. The topological polar surface area (TPSA) is 29.9 Å². The molecule has 0 bridgehead atoms. The van der Waals surface area contributed by atoms with Crippen LogP contribution in [-0.4, -0.2) is 16.3 Å². The zero-order valence-corrected chi connectivity index (χ0v) is 10.4. The van der Waals surface area contributed by atoms with E-state index in [0.717, 1.165) is 18.7 Å². The van der Waals surface area contributed by atoms with Crippen molar-refractivity contribution in [3.63, 3.8) is 0 Å². The molecule has 0 saturated carbocycles. The first-order valence-corrected chi connectivity index (χ1v) is 6.09. The summed E-state index contributed by atoms with van der Waals surface area (Å²) in [7, 11) is 1.95. The number of nitrogens with zero attached hydrogens (tertiary/aromatic N) is 2. The van der Waals surface area contributed by atoms with Crippen LogP contribution in [0.1, 0.15) is 30.6 Å². The summed E-state index contributed by atoms with van der Waals surface area (Å²) < 4.78 is 1.85. The Hall–Kier alpha value is -1.61. The second-order valence-electron chi connectivity index (χ2n) is 4.21. The van der Waals surface area contributed by atoms with Gasteiger partial charge in [0.05, 0.1) is 11.7 Å². The van der Waals surface area contributed by atoms with E-state index in [1.807, 2.05) is 24.0 Å². The van der Waals surface area contributed by atoms with Crippen molar-refractivity contribution in [1.82, 2.24) is 15.1 Å². The Morgan fingerprint density at radius 2 is 2.00 bits per heavy atom. The average Bonchev–Trinajstić information content (AvgIpc) is 2.78. The minimum absolute atomic E-state index is 0.192. The van der Waals surface area contributed by atoms with Gasteiger partial charge < -0.3 is 5.32 Å². The molecule has 3 heteroatoms. The van der Waals surface area contributed by atoms with Crippen molar-refractivity contribution in [3.05, 3.63) is 53.9 Å². The molecule has 1 aromatic heterocycles. The molecule has 0 radical (unpaired) electrons. The van der Waals surface area contributed by atoms with E-state index in [4.69, 9.17) is 0 Å². The van der Waals surface area contributed by atoms with Gasteiger partial charge in [-0.1, -0.05) is 37.3 Å². The Kier molecular flexibility index (Phi) is 3.94. The molecule has 0 spiro atoms. The van der Waals surface area contributed by atoms with E-state index in [9.17, 15) is 0 Å². The van der Waals surface area contributed by atoms with Gasteiger partial charge in [-0.25, -0.2) is 0 Å². The minimum Gasteiger partial charge on any atom is -0.305 e. The maximum Gasteiger partial charge on any atom is 0.0839 e. The lowest BCUT2D eigenvalue weighted by atomic mass is 10.0. The van der Waals surface area contributed by atoms with Gasteiger partial charge in [-0.2, -0.15) is 5.10 Å². The Labute approximate surface area is 102 Å². The summed E-state index contributed by atoms with van der Waals surface area (Å²) in [6, 6.07) is 12.7. The van der Waals surface area contributed by atoms with Crippen molar-refractivity contribution in [3.8, 4) is 0 Å². The molecule has 0 saturated heterocycles. The van der Waals surface area contributed by atoms with Crippen LogP contribution >= 0.6 is 0 Å². The first kappa shape index (κ1) is 11.9. The number of aromatic nitrogens is 2. The first-order valence-electron chi connectivity index (χ1n) is 6.09. The quantitative estimate of drug-likeness (QED) is 0.853. The van der Waals surface area contributed by atoms with Gasteiger partial charge in [0.2, 0.25) is 0 Å². The van der Waals surface area contributed by atoms with Crippen molar-refractivity contribution in [2.75, 3.05) is 6.54 Å². The van der Waals surface area contributed by atoms with Gasteiger partial charge in [0.1, 0.15) is 0 Å². The largest absolute Gasteiger partial charge is 0.305 e. The molecule has 90 valence electrons. The van der Waals surface area contributed by atoms with Crippen LogP contribution in [0.3, 0.4) is 0 Å². The first-order chi connectivity index (χ1) is 8.31. The van der Waals surface area contributed by atoms with Gasteiger partial charge in [0.25, 0.3) is 0 Å². The lowest BCUT2D eigenvalue weighted by Gasteiger charge is -2.16. The van der Waals surface area contributed by atoms with Crippen LogP contribution in [0.5, 0.6) is 0 Å². The van der Waals surface area contributed by atoms with Crippen molar-refractivity contribution in [1.29, 1.82) is 0 Å². The smallest absolute Gasteiger partial charge is 0.0839 e. The summed E-state index contributed by atoms with van der Waals surface area (Å²) in [6.45, 7) is 3.17. The summed E-state index contributed by atoms with van der Waals surface area (Å²) >= 11 is 0. The normalized spacial score (nSPS) is 12.6. The van der Waals surface area contributed by atoms with Gasteiger partial charge in [0, 0.05) is 13.2 Å². The molecule has 1 N–H and O–H groups in total. The Bertz CT molecular complexity index is 448. The van der Waals surface area contributed by atoms with E-state index < -0.39 is 0 Å². The Balaban J connectivity index is 2.25. The molecule has 1 atom stereocenters. The summed E-state index contributed by atoms with van der Waals surface area (Å²) in [5, 5.41) is 8.03. The van der Waals surface area contributed by atoms with Crippen LogP contribution in [0.15, 0.2) is 42.6 Å². The highest BCUT2D eigenvalue weighted by Gasteiger charge is 2.14. The van der Waals surface area contributed by atoms with E-state index in [1.54, 1.807) is 0 Å². The molecule has 0 fully saturated rings. The molecule has 2 rings (SSSR count). The summed E-state index contributed by atoms with van der Waals surface area (Å²) in [5.41, 5.74) is 2.34. The zero-order valence-electron chi connectivity index (χ0n) is 10.4. The van der Waals surface area contributed by atoms with Gasteiger partial charge in [-0.15, -0.1) is 0 Å². The molecule has 0 aliphatic rings. The van der Waals surface area contributed by atoms with Crippen molar-refractivity contribution >= 4 is 0 Å². The number of nitrogens with one attached hydrogen (secondary N) is 1. The molecule has 1 heterocycles. The Morgan fingerprint density at radius 1 is 1.24 bits per heavy atom. The SMILES string of the molecule is CCCNC(c1ccccc1)c1ccn(C)n1. The zero-order chi connectivity index (χ0) is 12.1. The van der Waals surface area contributed by atoms with E-state index in [-0.39, 0.29) is 6.04 Å². The monoisotopic (exact) mass is 229 g/mol. The maximum atomic E-state index is 4.49. The lowest BCUT2D eigenvalue weighted by molar-refractivity contribution is 0.575. The predicted octanol–water partition coefficient (Wildman–Crippen LogP) is 2.51. The van der Waals surface area contributed by atoms with Gasteiger partial charge in [0.15, 0.2) is 0 Å². The van der Waals surface area contributed by atoms with Crippen LogP contribution in [0.2, 0.25) is 0 Å². The number of rotatable bonds is 5. The number of hydrogen-bond donors (Lipinski definition) is 1. The fraction of sp³-hybridized carbons (Fsp3) is 0.357. The maximum absolute atomic E-state index is 4.49. The highest BCUT2D eigenvalue weighted by Crippen LogP contribution is 2.19. The van der Waals surface area contributed by atoms with E-state index in [2.05, 4.69) is 47.7 Å². The number of benzene rings is 1. The van der Waals surface area contributed by atoms with Gasteiger partial charge in [-0.05, 0) is 24.6 Å². The fourth-order valence-corrected chi connectivity index (χ4v) is 1.91. The standard InChI is InChI=1S/C14H19N3/c1-3-10-15-14(12-7-5-4-6-8-12)13-9-11-17(2)16-13/h4-9,11,14-15H,3,10H2,1-2H3. The lowest BCUT2D eigenvalue weighted by Crippen LogP contribution is -2.23. The summed E-state index contributed by atoms with van der Waals surface area (Å²) in [6.07, 6.45) is 3.11. The molecule has 0 amide bonds. The van der Waals surface area contributed by atoms with E-state index >= 15 is 0 Å². The van der Waals surface area contributed by atoms with Gasteiger partial charge in [-0.3, -0.25) is 4.68 Å². The second-order valence-corrected chi connectivity index (χ2v) is 4.21. The molecule has 1 aromatic carbocycles. The van der Waals surface area contributed by atoms with Gasteiger partial charge >= 0.3 is 0 Å². The molecule has 3 nitrogen and oxygen atoms in total. The van der Waals surface area contributed by atoms with Crippen LogP contribution in [0.4, 0.5) is 0 Å². The van der Waals surface area contributed by atoms with Crippen LogP contribution in [-0.2, 0) is 7.05 Å². The molecular weight excluding hydrogens is 210 g/mol. The highest BCUT2D eigenvalue weighted by molar-refractivity contribution is 5.26. The van der Waals surface area contributed by atoms with E-state index in [0.29, 0.717) is 0 Å². The van der Waals surface area contributed by atoms with Crippen LogP contribution in [0.25, 0.3) is 0 Å². The number of aryl methyl sites for hydroxylation is 1. The van der Waals surface area contributed by atoms with Crippen LogP contribution < -0.4 is 5.32 Å². The average molecular weight is 229 g/mol. The van der Waals surface area contributed by atoms with Crippen molar-refractivity contribution < 1.29 is 0 Å². The van der Waals surface area contributed by atoms with Crippen LogP contribution in [0, 0.1) is 0 Å². The number of hydrogen-bond acceptors (Lipinski definition) is 2. The fourth-order valence-electron chi connectivity index (χ4n) is 1.91. The molecular formula is C14H19N3. The molecule has 17 heavy (non-hydrogen) atoms. The predicted molar refractivity (Wildman–Crippen MR) is 69.8 cm³/mol. The van der Waals surface area contributed by atoms with Crippen molar-refractivity contribution in [2.45, 2.75) is 19.4 Å². The highest BCUT2D eigenvalue weighted by atomic mass is 15.3. The Morgan fingerprint density at radius 3 is 2.59 bits per heavy atom. The third-order valence-electron chi connectivity index (χ3n) is 2.76. The third-order valence-corrected chi connectivity index (χ3v) is 2.76. The van der Waals surface area contributed by atoms with E-state index in [1.165, 1.54) is 5.56 Å². The molecule has 0 aliphatic heterocycles.